The van der Waals surface area contributed by atoms with Gasteiger partial charge in [0.2, 0.25) is 5.91 Å². The van der Waals surface area contributed by atoms with Crippen LogP contribution >= 0.6 is 15.9 Å². The van der Waals surface area contributed by atoms with Gasteiger partial charge in [-0.25, -0.2) is 0 Å². The molecule has 1 N–H and O–H groups in total. The molecule has 1 atom stereocenters. The number of hydrogen-bond donors (Lipinski definition) is 1. The van der Waals surface area contributed by atoms with E-state index in [1.54, 1.807) is 30.0 Å². The number of likely N-dealkylation sites (tertiary alicyclic amines) is 1. The number of carbonyl (C=O) groups is 2. The zero-order valence-corrected chi connectivity index (χ0v) is 12.0. The molecule has 0 aliphatic carbocycles. The van der Waals surface area contributed by atoms with Crippen molar-refractivity contribution in [2.75, 3.05) is 13.1 Å². The third kappa shape index (κ3) is 3.07. The average molecular weight is 328 g/mol. The van der Waals surface area contributed by atoms with Crippen LogP contribution in [0.4, 0.5) is 0 Å². The first-order valence-corrected chi connectivity index (χ1v) is 6.66. The van der Waals surface area contributed by atoms with Crippen LogP contribution in [0.3, 0.4) is 0 Å². The molecule has 0 radical (unpaired) electrons. The molecular formula is C13H14BrNO4. The maximum absolute atomic E-state index is 11.9. The lowest BCUT2D eigenvalue weighted by molar-refractivity contribution is -0.147. The number of carbonyl (C=O) groups excluding carboxylic acids is 1. The Balaban J connectivity index is 1.99. The van der Waals surface area contributed by atoms with Gasteiger partial charge in [0.25, 0.3) is 0 Å². The van der Waals surface area contributed by atoms with Crippen molar-refractivity contribution in [2.45, 2.75) is 13.3 Å². The minimum absolute atomic E-state index is 0.197. The molecule has 1 aliphatic heterocycles. The van der Waals surface area contributed by atoms with E-state index in [2.05, 4.69) is 15.9 Å². The van der Waals surface area contributed by atoms with Crippen molar-refractivity contribution in [3.05, 3.63) is 28.6 Å². The molecule has 1 saturated heterocycles. The predicted molar refractivity (Wildman–Crippen MR) is 72.4 cm³/mol. The minimum atomic E-state index is -0.859. The molecule has 1 aromatic rings. The van der Waals surface area contributed by atoms with Gasteiger partial charge >= 0.3 is 5.97 Å². The number of hydrogen-bond acceptors (Lipinski definition) is 3. The van der Waals surface area contributed by atoms with Gasteiger partial charge in [0, 0.05) is 19.2 Å². The summed E-state index contributed by atoms with van der Waals surface area (Å²) in [6, 6.07) is 3.47. The van der Waals surface area contributed by atoms with Gasteiger partial charge in [0.05, 0.1) is 5.41 Å². The van der Waals surface area contributed by atoms with Crippen molar-refractivity contribution in [2.24, 2.45) is 5.41 Å². The highest BCUT2D eigenvalue weighted by Crippen LogP contribution is 2.30. The van der Waals surface area contributed by atoms with Crippen molar-refractivity contribution in [3.63, 3.8) is 0 Å². The van der Waals surface area contributed by atoms with E-state index in [-0.39, 0.29) is 12.5 Å². The van der Waals surface area contributed by atoms with Crippen LogP contribution in [0.15, 0.2) is 27.3 Å². The van der Waals surface area contributed by atoms with E-state index in [1.165, 1.54) is 6.08 Å². The average Bonchev–Trinajstić information content (AvgIpc) is 2.94. The van der Waals surface area contributed by atoms with Gasteiger partial charge < -0.3 is 14.4 Å². The highest BCUT2D eigenvalue weighted by molar-refractivity contribution is 9.10. The van der Waals surface area contributed by atoms with Crippen LogP contribution in [0.5, 0.6) is 0 Å². The fraction of sp³-hybridized carbons (Fsp3) is 0.385. The zero-order chi connectivity index (χ0) is 14.0. The smallest absolute Gasteiger partial charge is 0.311 e. The lowest BCUT2D eigenvalue weighted by atomic mass is 9.90. The summed E-state index contributed by atoms with van der Waals surface area (Å²) in [6.45, 7) is 2.37. The maximum atomic E-state index is 11.9. The Morgan fingerprint density at radius 2 is 2.26 bits per heavy atom. The van der Waals surface area contributed by atoms with E-state index in [4.69, 9.17) is 9.52 Å². The van der Waals surface area contributed by atoms with Crippen LogP contribution in [0.1, 0.15) is 19.1 Å². The van der Waals surface area contributed by atoms with Gasteiger partial charge in [-0.15, -0.1) is 0 Å². The second-order valence-corrected chi connectivity index (χ2v) is 5.63. The number of carboxylic acids is 1. The summed E-state index contributed by atoms with van der Waals surface area (Å²) in [5.74, 6) is -0.486. The van der Waals surface area contributed by atoms with E-state index in [0.29, 0.717) is 23.4 Å². The Kier molecular flexibility index (Phi) is 3.80. The van der Waals surface area contributed by atoms with Crippen LogP contribution in [0.2, 0.25) is 0 Å². The Morgan fingerprint density at radius 1 is 1.53 bits per heavy atom. The highest BCUT2D eigenvalue weighted by atomic mass is 79.9. The fourth-order valence-electron chi connectivity index (χ4n) is 2.00. The number of rotatable bonds is 3. The largest absolute Gasteiger partial charge is 0.481 e. The van der Waals surface area contributed by atoms with Gasteiger partial charge in [-0.3, -0.25) is 9.59 Å². The van der Waals surface area contributed by atoms with E-state index in [9.17, 15) is 9.59 Å². The van der Waals surface area contributed by atoms with Gasteiger partial charge in [0.1, 0.15) is 5.76 Å². The molecule has 102 valence electrons. The second-order valence-electron chi connectivity index (χ2n) is 4.85. The number of carboxylic acid groups (broad SMARTS) is 1. The Morgan fingerprint density at radius 3 is 2.79 bits per heavy atom. The normalized spacial score (nSPS) is 23.2. The fourth-order valence-corrected chi connectivity index (χ4v) is 2.32. The summed E-state index contributed by atoms with van der Waals surface area (Å²) < 4.78 is 5.84. The van der Waals surface area contributed by atoms with Crippen LogP contribution < -0.4 is 0 Å². The van der Waals surface area contributed by atoms with Gasteiger partial charge in [-0.2, -0.15) is 0 Å². The first kappa shape index (κ1) is 13.9. The molecule has 2 rings (SSSR count). The molecule has 1 aromatic heterocycles. The first-order chi connectivity index (χ1) is 8.90. The number of aliphatic carboxylic acids is 1. The molecule has 6 heteroatoms. The molecule has 1 aliphatic rings. The zero-order valence-electron chi connectivity index (χ0n) is 10.4. The number of halogens is 1. The van der Waals surface area contributed by atoms with Gasteiger partial charge in [-0.1, -0.05) is 0 Å². The summed E-state index contributed by atoms with van der Waals surface area (Å²) in [4.78, 5) is 24.6. The Bertz CT molecular complexity index is 537. The van der Waals surface area contributed by atoms with Crippen LogP contribution in [0.25, 0.3) is 6.08 Å². The molecule has 2 heterocycles. The monoisotopic (exact) mass is 327 g/mol. The maximum Gasteiger partial charge on any atom is 0.311 e. The SMILES string of the molecule is CC1(C(=O)O)CCN(C(=O)C=Cc2ccc(Br)o2)C1. The quantitative estimate of drug-likeness (QED) is 0.865. The number of furan rings is 1. The van der Waals surface area contributed by atoms with Crippen molar-refractivity contribution in [1.29, 1.82) is 0 Å². The lowest BCUT2D eigenvalue weighted by Gasteiger charge is -2.18. The first-order valence-electron chi connectivity index (χ1n) is 5.86. The van der Waals surface area contributed by atoms with E-state index < -0.39 is 11.4 Å². The molecule has 0 bridgehead atoms. The molecule has 0 saturated carbocycles. The molecule has 1 unspecified atom stereocenters. The van der Waals surface area contributed by atoms with E-state index in [1.807, 2.05) is 0 Å². The summed E-state index contributed by atoms with van der Waals surface area (Å²) in [7, 11) is 0. The molecule has 0 aromatic carbocycles. The van der Waals surface area contributed by atoms with Crippen molar-refractivity contribution >= 4 is 33.9 Å². The predicted octanol–water partition coefficient (Wildman–Crippen LogP) is 2.38. The van der Waals surface area contributed by atoms with Crippen molar-refractivity contribution < 1.29 is 19.1 Å². The van der Waals surface area contributed by atoms with Gasteiger partial charge in [0.15, 0.2) is 4.67 Å². The summed E-state index contributed by atoms with van der Waals surface area (Å²) in [6.07, 6.45) is 3.45. The summed E-state index contributed by atoms with van der Waals surface area (Å²) >= 11 is 3.18. The molecule has 0 spiro atoms. The van der Waals surface area contributed by atoms with Crippen molar-refractivity contribution in [3.8, 4) is 0 Å². The molecular weight excluding hydrogens is 314 g/mol. The number of nitrogens with zero attached hydrogens (tertiary/aromatic N) is 1. The summed E-state index contributed by atoms with van der Waals surface area (Å²) in [5, 5.41) is 9.11. The lowest BCUT2D eigenvalue weighted by Crippen LogP contribution is -2.34. The topological polar surface area (TPSA) is 70.8 Å². The minimum Gasteiger partial charge on any atom is -0.481 e. The molecule has 1 amide bonds. The standard InChI is InChI=1S/C13H14BrNO4/c1-13(12(17)18)6-7-15(8-13)11(16)5-3-9-2-4-10(14)19-9/h2-5H,6-8H2,1H3,(H,17,18). The Labute approximate surface area is 119 Å². The van der Waals surface area contributed by atoms with Crippen LogP contribution in [-0.2, 0) is 9.59 Å². The molecule has 19 heavy (non-hydrogen) atoms. The van der Waals surface area contributed by atoms with Crippen LogP contribution in [-0.4, -0.2) is 35.0 Å². The highest BCUT2D eigenvalue weighted by Gasteiger charge is 2.41. The van der Waals surface area contributed by atoms with E-state index in [0.717, 1.165) is 0 Å². The molecule has 1 fully saturated rings. The number of amides is 1. The van der Waals surface area contributed by atoms with E-state index >= 15 is 0 Å². The van der Waals surface area contributed by atoms with Crippen LogP contribution in [0, 0.1) is 5.41 Å². The van der Waals surface area contributed by atoms with Crippen molar-refractivity contribution in [1.82, 2.24) is 4.90 Å². The van der Waals surface area contributed by atoms with Gasteiger partial charge in [-0.05, 0) is 47.5 Å². The third-order valence-electron chi connectivity index (χ3n) is 3.29. The summed E-state index contributed by atoms with van der Waals surface area (Å²) in [5.41, 5.74) is -0.836. The third-order valence-corrected chi connectivity index (χ3v) is 3.71. The molecule has 5 nitrogen and oxygen atoms in total. The second kappa shape index (κ2) is 5.21. The Hall–Kier alpha value is -1.56.